The molecule has 1 unspecified atom stereocenters. The summed E-state index contributed by atoms with van der Waals surface area (Å²) < 4.78 is 12.2. The summed E-state index contributed by atoms with van der Waals surface area (Å²) in [7, 11) is 0. The summed E-state index contributed by atoms with van der Waals surface area (Å²) >= 11 is 5.14. The molecular weight excluding hydrogens is 264 g/mol. The van der Waals surface area contributed by atoms with Crippen molar-refractivity contribution in [3.05, 3.63) is 20.8 Å². The van der Waals surface area contributed by atoms with Gasteiger partial charge in [-0.05, 0) is 34.8 Å². The third-order valence-electron chi connectivity index (χ3n) is 2.19. The lowest BCUT2D eigenvalue weighted by atomic mass is 10.2. The van der Waals surface area contributed by atoms with Crippen molar-refractivity contribution in [1.82, 2.24) is 0 Å². The van der Waals surface area contributed by atoms with Gasteiger partial charge in [-0.1, -0.05) is 0 Å². The van der Waals surface area contributed by atoms with E-state index in [1.807, 2.05) is 0 Å². The predicted octanol–water partition coefficient (Wildman–Crippen LogP) is 3.21. The first kappa shape index (κ1) is 10.6. The van der Waals surface area contributed by atoms with Crippen molar-refractivity contribution in [2.24, 2.45) is 0 Å². The number of thiophene rings is 1. The van der Waals surface area contributed by atoms with Crippen LogP contribution in [0.4, 0.5) is 0 Å². The van der Waals surface area contributed by atoms with E-state index in [-0.39, 0.29) is 0 Å². The van der Waals surface area contributed by atoms with Crippen LogP contribution in [0.1, 0.15) is 17.7 Å². The number of halogens is 1. The van der Waals surface area contributed by atoms with Crippen LogP contribution in [0.2, 0.25) is 0 Å². The van der Waals surface area contributed by atoms with Crippen LogP contribution >= 0.6 is 27.3 Å². The number of hydrogen-bond acceptors (Lipinski definition) is 3. The zero-order chi connectivity index (χ0) is 9.80. The topological polar surface area (TPSA) is 18.5 Å². The molecule has 1 fully saturated rings. The average Bonchev–Trinajstić information content (AvgIpc) is 2.77. The molecule has 4 heteroatoms. The van der Waals surface area contributed by atoms with Crippen LogP contribution in [0.15, 0.2) is 15.9 Å². The maximum atomic E-state index is 5.58. The predicted molar refractivity (Wildman–Crippen MR) is 60.6 cm³/mol. The van der Waals surface area contributed by atoms with E-state index in [1.165, 1.54) is 11.3 Å². The highest BCUT2D eigenvalue weighted by molar-refractivity contribution is 9.10. The fourth-order valence-corrected chi connectivity index (χ4v) is 2.88. The molecule has 1 aliphatic heterocycles. The third kappa shape index (κ3) is 3.05. The van der Waals surface area contributed by atoms with E-state index in [4.69, 9.17) is 9.47 Å². The van der Waals surface area contributed by atoms with E-state index >= 15 is 0 Å². The Kier molecular flexibility index (Phi) is 3.99. The molecule has 1 aromatic heterocycles. The molecule has 0 spiro atoms. The first-order valence-corrected chi connectivity index (χ1v) is 6.44. The third-order valence-corrected chi connectivity index (χ3v) is 3.86. The van der Waals surface area contributed by atoms with Crippen molar-refractivity contribution in [3.8, 4) is 0 Å². The zero-order valence-electron chi connectivity index (χ0n) is 7.87. The van der Waals surface area contributed by atoms with Crippen LogP contribution < -0.4 is 0 Å². The molecule has 0 bridgehead atoms. The zero-order valence-corrected chi connectivity index (χ0v) is 10.3. The van der Waals surface area contributed by atoms with Gasteiger partial charge < -0.3 is 9.47 Å². The van der Waals surface area contributed by atoms with Gasteiger partial charge in [0.05, 0.1) is 19.3 Å². The molecule has 14 heavy (non-hydrogen) atoms. The van der Waals surface area contributed by atoms with Crippen molar-refractivity contribution in [1.29, 1.82) is 0 Å². The van der Waals surface area contributed by atoms with Gasteiger partial charge in [0.15, 0.2) is 0 Å². The van der Waals surface area contributed by atoms with Crippen molar-refractivity contribution in [2.45, 2.75) is 25.6 Å². The summed E-state index contributed by atoms with van der Waals surface area (Å²) in [6.07, 6.45) is 2.66. The number of hydrogen-bond donors (Lipinski definition) is 0. The minimum atomic E-state index is 0.332. The number of rotatable bonds is 4. The average molecular weight is 277 g/mol. The van der Waals surface area contributed by atoms with Gasteiger partial charge in [0.1, 0.15) is 0 Å². The Labute approximate surface area is 96.4 Å². The molecule has 0 N–H and O–H groups in total. The Bertz CT molecular complexity index is 281. The first-order valence-electron chi connectivity index (χ1n) is 4.77. The van der Waals surface area contributed by atoms with Gasteiger partial charge in [-0.2, -0.15) is 0 Å². The lowest BCUT2D eigenvalue weighted by Gasteiger charge is -2.08. The highest BCUT2D eigenvalue weighted by Gasteiger charge is 2.15. The van der Waals surface area contributed by atoms with E-state index in [1.54, 1.807) is 11.3 Å². The monoisotopic (exact) mass is 276 g/mol. The van der Waals surface area contributed by atoms with Crippen LogP contribution in [0.3, 0.4) is 0 Å². The van der Waals surface area contributed by atoms with Gasteiger partial charge in [-0.25, -0.2) is 0 Å². The second-order valence-electron chi connectivity index (χ2n) is 3.38. The highest BCUT2D eigenvalue weighted by Crippen LogP contribution is 2.21. The molecule has 1 aromatic rings. The smallest absolute Gasteiger partial charge is 0.0811 e. The summed E-state index contributed by atoms with van der Waals surface area (Å²) in [5.41, 5.74) is 0. The molecule has 1 saturated heterocycles. The van der Waals surface area contributed by atoms with Crippen LogP contribution in [-0.4, -0.2) is 19.3 Å². The normalized spacial score (nSPS) is 21.6. The molecule has 2 heterocycles. The van der Waals surface area contributed by atoms with Gasteiger partial charge in [-0.3, -0.25) is 0 Å². The van der Waals surface area contributed by atoms with Gasteiger partial charge >= 0.3 is 0 Å². The SMILES string of the molecule is Brc1csc(COCC2CCCO2)c1. The van der Waals surface area contributed by atoms with Crippen LogP contribution in [0, 0.1) is 0 Å². The molecule has 0 amide bonds. The van der Waals surface area contributed by atoms with E-state index in [0.29, 0.717) is 12.7 Å². The lowest BCUT2D eigenvalue weighted by molar-refractivity contribution is 0.0113. The Morgan fingerprint density at radius 2 is 2.57 bits per heavy atom. The maximum Gasteiger partial charge on any atom is 0.0811 e. The fraction of sp³-hybridized carbons (Fsp3) is 0.600. The summed E-state index contributed by atoms with van der Waals surface area (Å²) in [5, 5.41) is 2.07. The summed E-state index contributed by atoms with van der Waals surface area (Å²) in [6, 6.07) is 2.10. The van der Waals surface area contributed by atoms with Crippen molar-refractivity contribution in [2.75, 3.05) is 13.2 Å². The minimum Gasteiger partial charge on any atom is -0.376 e. The molecule has 1 atom stereocenters. The quantitative estimate of drug-likeness (QED) is 0.841. The van der Waals surface area contributed by atoms with Gasteiger partial charge in [0.25, 0.3) is 0 Å². The summed E-state index contributed by atoms with van der Waals surface area (Å²) in [6.45, 7) is 2.34. The minimum absolute atomic E-state index is 0.332. The molecule has 2 rings (SSSR count). The molecule has 0 aliphatic carbocycles. The van der Waals surface area contributed by atoms with E-state index in [0.717, 1.165) is 24.1 Å². The van der Waals surface area contributed by atoms with E-state index < -0.39 is 0 Å². The maximum absolute atomic E-state index is 5.58. The molecule has 0 saturated carbocycles. The van der Waals surface area contributed by atoms with Crippen molar-refractivity contribution >= 4 is 27.3 Å². The fourth-order valence-electron chi connectivity index (χ4n) is 1.50. The molecule has 1 aliphatic rings. The largest absolute Gasteiger partial charge is 0.376 e. The van der Waals surface area contributed by atoms with Crippen LogP contribution in [-0.2, 0) is 16.1 Å². The molecule has 0 radical (unpaired) electrons. The van der Waals surface area contributed by atoms with E-state index in [9.17, 15) is 0 Å². The highest BCUT2D eigenvalue weighted by atomic mass is 79.9. The summed E-state index contributed by atoms with van der Waals surface area (Å²) in [4.78, 5) is 1.26. The molecule has 2 nitrogen and oxygen atoms in total. The Hall–Kier alpha value is 0.1000. The molecule has 78 valence electrons. The van der Waals surface area contributed by atoms with Gasteiger partial charge in [-0.15, -0.1) is 11.3 Å². The standard InChI is InChI=1S/C10H13BrO2S/c11-8-4-10(14-7-8)6-12-5-9-2-1-3-13-9/h4,7,9H,1-3,5-6H2. The lowest BCUT2D eigenvalue weighted by Crippen LogP contribution is -2.13. The Morgan fingerprint density at radius 1 is 1.64 bits per heavy atom. The number of ether oxygens (including phenoxy) is 2. The molecular formula is C10H13BrO2S. The van der Waals surface area contributed by atoms with Gasteiger partial charge in [0, 0.05) is 21.3 Å². The second-order valence-corrected chi connectivity index (χ2v) is 5.29. The first-order chi connectivity index (χ1) is 6.84. The molecule has 0 aromatic carbocycles. The Morgan fingerprint density at radius 3 is 3.21 bits per heavy atom. The second kappa shape index (κ2) is 5.26. The summed E-state index contributed by atoms with van der Waals surface area (Å²) in [5.74, 6) is 0. The van der Waals surface area contributed by atoms with Gasteiger partial charge in [0.2, 0.25) is 0 Å². The van der Waals surface area contributed by atoms with Crippen LogP contribution in [0.25, 0.3) is 0 Å². The Balaban J connectivity index is 1.67. The van der Waals surface area contributed by atoms with Crippen LogP contribution in [0.5, 0.6) is 0 Å². The van der Waals surface area contributed by atoms with Crippen molar-refractivity contribution in [3.63, 3.8) is 0 Å². The van der Waals surface area contributed by atoms with E-state index in [2.05, 4.69) is 27.4 Å². The van der Waals surface area contributed by atoms with Crippen molar-refractivity contribution < 1.29 is 9.47 Å².